The number of thioether (sulfide) groups is 1. The number of nitrogens with zero attached hydrogens (tertiary/aromatic N) is 2. The van der Waals surface area contributed by atoms with E-state index in [4.69, 9.17) is 4.52 Å². The summed E-state index contributed by atoms with van der Waals surface area (Å²) in [6.45, 7) is 7.85. The lowest BCUT2D eigenvalue weighted by Gasteiger charge is -2.21. The minimum Gasteiger partial charge on any atom is -0.361 e. The van der Waals surface area contributed by atoms with Gasteiger partial charge in [-0.1, -0.05) is 12.1 Å². The molecule has 1 aliphatic rings. The van der Waals surface area contributed by atoms with Crippen molar-refractivity contribution in [3.63, 3.8) is 0 Å². The maximum absolute atomic E-state index is 12.3. The fourth-order valence-corrected chi connectivity index (χ4v) is 3.31. The van der Waals surface area contributed by atoms with E-state index >= 15 is 0 Å². The molecule has 1 aliphatic carbocycles. The number of carbonyl (C=O) groups is 1. The molecule has 0 bridgehead atoms. The monoisotopic (exact) mass is 296 g/mol. The maximum atomic E-state index is 12.3. The third-order valence-electron chi connectivity index (χ3n) is 3.67. The zero-order valence-corrected chi connectivity index (χ0v) is 13.5. The molecule has 1 amide bonds. The molecule has 4 nitrogen and oxygen atoms in total. The van der Waals surface area contributed by atoms with Gasteiger partial charge in [0.2, 0.25) is 5.91 Å². The zero-order valence-electron chi connectivity index (χ0n) is 12.6. The van der Waals surface area contributed by atoms with Gasteiger partial charge in [-0.25, -0.2) is 0 Å². The Hall–Kier alpha value is -0.970. The van der Waals surface area contributed by atoms with Gasteiger partial charge in [-0.2, -0.15) is 0 Å². The standard InChI is InChI=1S/C15H24N2O2S/c1-4-7-17(8-13-5-6-13)15(18)10-20-9-14-11(2)16-19-12(14)3/h13H,4-10H2,1-3H3. The van der Waals surface area contributed by atoms with E-state index in [1.54, 1.807) is 11.8 Å². The van der Waals surface area contributed by atoms with Gasteiger partial charge < -0.3 is 9.42 Å². The van der Waals surface area contributed by atoms with Crippen molar-refractivity contribution in [3.8, 4) is 0 Å². The Morgan fingerprint density at radius 2 is 2.20 bits per heavy atom. The Morgan fingerprint density at radius 1 is 1.45 bits per heavy atom. The van der Waals surface area contributed by atoms with Crippen molar-refractivity contribution in [2.24, 2.45) is 5.92 Å². The fraction of sp³-hybridized carbons (Fsp3) is 0.733. The molecule has 0 radical (unpaired) electrons. The van der Waals surface area contributed by atoms with Crippen LogP contribution in [0.5, 0.6) is 0 Å². The van der Waals surface area contributed by atoms with Gasteiger partial charge in [0.1, 0.15) is 5.76 Å². The van der Waals surface area contributed by atoms with Crippen LogP contribution in [0.1, 0.15) is 43.2 Å². The van der Waals surface area contributed by atoms with E-state index in [0.29, 0.717) is 5.75 Å². The Kier molecular flexibility index (Phi) is 5.52. The van der Waals surface area contributed by atoms with Crippen molar-refractivity contribution in [2.75, 3.05) is 18.8 Å². The first-order chi connectivity index (χ1) is 9.61. The van der Waals surface area contributed by atoms with Crippen LogP contribution in [-0.4, -0.2) is 34.8 Å². The van der Waals surface area contributed by atoms with Gasteiger partial charge in [-0.3, -0.25) is 4.79 Å². The smallest absolute Gasteiger partial charge is 0.232 e. The van der Waals surface area contributed by atoms with Gasteiger partial charge in [0.25, 0.3) is 0 Å². The average molecular weight is 296 g/mol. The summed E-state index contributed by atoms with van der Waals surface area (Å²) in [5.74, 6) is 3.26. The molecule has 1 aromatic heterocycles. The van der Waals surface area contributed by atoms with Crippen LogP contribution in [0.4, 0.5) is 0 Å². The van der Waals surface area contributed by atoms with Crippen LogP contribution in [0.25, 0.3) is 0 Å². The predicted molar refractivity (Wildman–Crippen MR) is 81.7 cm³/mol. The van der Waals surface area contributed by atoms with Crippen molar-refractivity contribution in [2.45, 2.75) is 45.8 Å². The van der Waals surface area contributed by atoms with Gasteiger partial charge in [0, 0.05) is 24.4 Å². The van der Waals surface area contributed by atoms with E-state index in [0.717, 1.165) is 48.2 Å². The molecule has 0 N–H and O–H groups in total. The van der Waals surface area contributed by atoms with Crippen molar-refractivity contribution in [3.05, 3.63) is 17.0 Å². The summed E-state index contributed by atoms with van der Waals surface area (Å²) < 4.78 is 5.14. The third-order valence-corrected chi connectivity index (χ3v) is 4.62. The van der Waals surface area contributed by atoms with Gasteiger partial charge >= 0.3 is 0 Å². The molecular weight excluding hydrogens is 272 g/mol. The summed E-state index contributed by atoms with van der Waals surface area (Å²) >= 11 is 1.66. The second-order valence-corrected chi connectivity index (χ2v) is 6.56. The molecule has 1 fully saturated rings. The summed E-state index contributed by atoms with van der Waals surface area (Å²) in [5, 5.41) is 3.94. The summed E-state index contributed by atoms with van der Waals surface area (Å²) in [7, 11) is 0. The number of aromatic nitrogens is 1. The van der Waals surface area contributed by atoms with Crippen LogP contribution >= 0.6 is 11.8 Å². The Labute approximate surface area is 125 Å². The van der Waals surface area contributed by atoms with Gasteiger partial charge in [0.05, 0.1) is 11.4 Å². The second kappa shape index (κ2) is 7.16. The number of aryl methyl sites for hydroxylation is 2. The minimum atomic E-state index is 0.274. The molecular formula is C15H24N2O2S. The zero-order chi connectivity index (χ0) is 14.5. The molecule has 5 heteroatoms. The van der Waals surface area contributed by atoms with Gasteiger partial charge in [-0.05, 0) is 39.0 Å². The summed E-state index contributed by atoms with van der Waals surface area (Å²) in [4.78, 5) is 14.3. The molecule has 1 aromatic rings. The summed E-state index contributed by atoms with van der Waals surface area (Å²) in [6.07, 6.45) is 3.62. The van der Waals surface area contributed by atoms with Crippen molar-refractivity contribution >= 4 is 17.7 Å². The highest BCUT2D eigenvalue weighted by Gasteiger charge is 2.26. The van der Waals surface area contributed by atoms with Crippen LogP contribution in [0.2, 0.25) is 0 Å². The van der Waals surface area contributed by atoms with E-state index in [2.05, 4.69) is 12.1 Å². The normalized spacial score (nSPS) is 14.6. The first-order valence-electron chi connectivity index (χ1n) is 7.39. The minimum absolute atomic E-state index is 0.274. The van der Waals surface area contributed by atoms with Crippen molar-refractivity contribution < 1.29 is 9.32 Å². The molecule has 1 saturated carbocycles. The molecule has 1 heterocycles. The lowest BCUT2D eigenvalue weighted by Crippen LogP contribution is -2.34. The number of hydrogen-bond donors (Lipinski definition) is 0. The van der Waals surface area contributed by atoms with Crippen molar-refractivity contribution in [1.82, 2.24) is 10.1 Å². The molecule has 0 atom stereocenters. The molecule has 20 heavy (non-hydrogen) atoms. The number of rotatable bonds is 8. The highest BCUT2D eigenvalue weighted by Crippen LogP contribution is 2.30. The molecule has 0 unspecified atom stereocenters. The molecule has 112 valence electrons. The molecule has 2 rings (SSSR count). The van der Waals surface area contributed by atoms with Gasteiger partial charge in [0.15, 0.2) is 0 Å². The molecule has 0 saturated heterocycles. The van der Waals surface area contributed by atoms with E-state index in [1.165, 1.54) is 12.8 Å². The van der Waals surface area contributed by atoms with Crippen LogP contribution in [0, 0.1) is 19.8 Å². The van der Waals surface area contributed by atoms with Crippen LogP contribution in [-0.2, 0) is 10.5 Å². The van der Waals surface area contributed by atoms with Gasteiger partial charge in [-0.15, -0.1) is 11.8 Å². The lowest BCUT2D eigenvalue weighted by molar-refractivity contribution is -0.128. The number of carbonyl (C=O) groups excluding carboxylic acids is 1. The summed E-state index contributed by atoms with van der Waals surface area (Å²) in [6, 6.07) is 0. The molecule has 0 aliphatic heterocycles. The van der Waals surface area contributed by atoms with E-state index < -0.39 is 0 Å². The lowest BCUT2D eigenvalue weighted by atomic mass is 10.2. The maximum Gasteiger partial charge on any atom is 0.232 e. The van der Waals surface area contributed by atoms with E-state index in [-0.39, 0.29) is 5.91 Å². The summed E-state index contributed by atoms with van der Waals surface area (Å²) in [5.41, 5.74) is 2.07. The third kappa shape index (κ3) is 4.27. The van der Waals surface area contributed by atoms with E-state index in [1.807, 2.05) is 18.7 Å². The fourth-order valence-electron chi connectivity index (χ4n) is 2.24. The molecule has 0 aromatic carbocycles. The van der Waals surface area contributed by atoms with Crippen LogP contribution < -0.4 is 0 Å². The Balaban J connectivity index is 1.78. The van der Waals surface area contributed by atoms with E-state index in [9.17, 15) is 4.79 Å². The Morgan fingerprint density at radius 3 is 2.75 bits per heavy atom. The van der Waals surface area contributed by atoms with Crippen LogP contribution in [0.15, 0.2) is 4.52 Å². The molecule has 0 spiro atoms. The average Bonchev–Trinajstić information content (AvgIpc) is 3.18. The topological polar surface area (TPSA) is 46.3 Å². The van der Waals surface area contributed by atoms with Crippen molar-refractivity contribution in [1.29, 1.82) is 0 Å². The quantitative estimate of drug-likeness (QED) is 0.739. The number of hydrogen-bond acceptors (Lipinski definition) is 4. The second-order valence-electron chi connectivity index (χ2n) is 5.58. The SMILES string of the molecule is CCCN(CC1CC1)C(=O)CSCc1c(C)noc1C. The predicted octanol–water partition coefficient (Wildman–Crippen LogP) is 3.17. The number of amides is 1. The van der Waals surface area contributed by atoms with Crippen LogP contribution in [0.3, 0.4) is 0 Å². The highest BCUT2D eigenvalue weighted by atomic mass is 32.2. The first kappa shape index (κ1) is 15.4. The Bertz CT molecular complexity index is 435. The largest absolute Gasteiger partial charge is 0.361 e. The highest BCUT2D eigenvalue weighted by molar-refractivity contribution is 7.99. The first-order valence-corrected chi connectivity index (χ1v) is 8.54.